The molecule has 2 amide bonds. The van der Waals surface area contributed by atoms with Gasteiger partial charge in [-0.05, 0) is 37.4 Å². The molecule has 2 aromatic heterocycles. The van der Waals surface area contributed by atoms with Crippen LogP contribution in [0.4, 0.5) is 0 Å². The van der Waals surface area contributed by atoms with E-state index in [9.17, 15) is 9.59 Å². The van der Waals surface area contributed by atoms with E-state index in [-0.39, 0.29) is 22.4 Å². The zero-order valence-corrected chi connectivity index (χ0v) is 15.3. The van der Waals surface area contributed by atoms with Crippen LogP contribution in [0.5, 0.6) is 0 Å². The zero-order valence-electron chi connectivity index (χ0n) is 13.7. The van der Waals surface area contributed by atoms with E-state index in [1.807, 2.05) is 30.2 Å². The van der Waals surface area contributed by atoms with Gasteiger partial charge in [-0.25, -0.2) is 0 Å². The quantitative estimate of drug-likeness (QED) is 0.788. The summed E-state index contributed by atoms with van der Waals surface area (Å²) in [5.74, 6) is 0.338. The van der Waals surface area contributed by atoms with E-state index in [1.54, 1.807) is 40.1 Å². The molecule has 128 valence electrons. The van der Waals surface area contributed by atoms with Crippen LogP contribution in [0.15, 0.2) is 40.3 Å². The molecule has 1 aliphatic rings. The average molecular weight is 364 g/mol. The number of nitrogens with zero attached hydrogens (tertiary/aromatic N) is 2. The number of thiophene rings is 1. The van der Waals surface area contributed by atoms with Crippen LogP contribution < -0.4 is 0 Å². The van der Waals surface area contributed by atoms with E-state index in [0.717, 1.165) is 0 Å². The van der Waals surface area contributed by atoms with Crippen LogP contribution in [0.3, 0.4) is 0 Å². The molecule has 3 rings (SSSR count). The first-order valence-electron chi connectivity index (χ1n) is 7.94. The van der Waals surface area contributed by atoms with E-state index in [1.165, 1.54) is 11.1 Å². The molecule has 0 unspecified atom stereocenters. The van der Waals surface area contributed by atoms with E-state index in [4.69, 9.17) is 4.42 Å². The summed E-state index contributed by atoms with van der Waals surface area (Å²) in [6, 6.07) is 7.44. The highest BCUT2D eigenvalue weighted by Gasteiger charge is 2.39. The van der Waals surface area contributed by atoms with Gasteiger partial charge in [0, 0.05) is 24.5 Å². The summed E-state index contributed by atoms with van der Waals surface area (Å²) in [5, 5.41) is 2.03. The van der Waals surface area contributed by atoms with Gasteiger partial charge in [0.25, 0.3) is 5.91 Å². The molecule has 0 bridgehead atoms. The Kier molecular flexibility index (Phi) is 5.30. The van der Waals surface area contributed by atoms with Crippen molar-refractivity contribution in [3.63, 3.8) is 0 Å². The van der Waals surface area contributed by atoms with Crippen LogP contribution in [-0.2, 0) is 4.79 Å². The second-order valence-corrected chi connectivity index (χ2v) is 7.94. The molecule has 5 nitrogen and oxygen atoms in total. The minimum Gasteiger partial charge on any atom is -0.459 e. The molecular formula is C17H20N2O3S2. The first-order valence-corrected chi connectivity index (χ1v) is 9.76. The Labute approximate surface area is 149 Å². The minimum absolute atomic E-state index is 0.0462. The van der Waals surface area contributed by atoms with Gasteiger partial charge in [-0.1, -0.05) is 6.07 Å². The number of thioether (sulfide) groups is 1. The van der Waals surface area contributed by atoms with Crippen LogP contribution in [0, 0.1) is 0 Å². The van der Waals surface area contributed by atoms with Gasteiger partial charge in [0.2, 0.25) is 5.91 Å². The van der Waals surface area contributed by atoms with E-state index < -0.39 is 0 Å². The van der Waals surface area contributed by atoms with Crippen LogP contribution >= 0.6 is 23.1 Å². The normalized spacial score (nSPS) is 20.6. The summed E-state index contributed by atoms with van der Waals surface area (Å²) in [4.78, 5) is 29.7. The molecule has 1 fully saturated rings. The Morgan fingerprint density at radius 1 is 1.38 bits per heavy atom. The molecule has 1 aliphatic heterocycles. The van der Waals surface area contributed by atoms with Gasteiger partial charge in [-0.3, -0.25) is 9.59 Å². The standard InChI is InChI=1S/C17H20N2O3S2/c1-3-18(16(21)13-6-4-10-22-13)8-9-19-15(20)12(2)24-17(19)14-7-5-11-23-14/h4-7,10-12,17H,3,8-9H2,1-2H3/t12-,17-/m0/s1. The summed E-state index contributed by atoms with van der Waals surface area (Å²) in [5.41, 5.74) is 0. The van der Waals surface area contributed by atoms with Crippen molar-refractivity contribution < 1.29 is 14.0 Å². The maximum Gasteiger partial charge on any atom is 0.289 e. The largest absolute Gasteiger partial charge is 0.459 e. The number of carbonyl (C=O) groups excluding carboxylic acids is 2. The van der Waals surface area contributed by atoms with Crippen molar-refractivity contribution in [1.82, 2.24) is 9.80 Å². The lowest BCUT2D eigenvalue weighted by Crippen LogP contribution is -2.40. The molecule has 0 aliphatic carbocycles. The van der Waals surface area contributed by atoms with Crippen molar-refractivity contribution in [3.8, 4) is 0 Å². The fraction of sp³-hybridized carbons (Fsp3) is 0.412. The summed E-state index contributed by atoms with van der Waals surface area (Å²) >= 11 is 3.33. The Balaban J connectivity index is 1.69. The van der Waals surface area contributed by atoms with Crippen LogP contribution in [0.1, 0.15) is 34.7 Å². The number of hydrogen-bond acceptors (Lipinski definition) is 5. The maximum absolute atomic E-state index is 12.5. The molecule has 0 N–H and O–H groups in total. The van der Waals surface area contributed by atoms with Gasteiger partial charge in [-0.2, -0.15) is 0 Å². The Hall–Kier alpha value is -1.73. The molecule has 7 heteroatoms. The minimum atomic E-state index is -0.137. The lowest BCUT2D eigenvalue weighted by Gasteiger charge is -2.27. The summed E-state index contributed by atoms with van der Waals surface area (Å²) in [6.45, 7) is 5.48. The molecule has 0 aromatic carbocycles. The van der Waals surface area contributed by atoms with Crippen LogP contribution in [0.2, 0.25) is 0 Å². The van der Waals surface area contributed by atoms with Crippen molar-refractivity contribution >= 4 is 34.9 Å². The second kappa shape index (κ2) is 7.44. The first kappa shape index (κ1) is 17.1. The van der Waals surface area contributed by atoms with Gasteiger partial charge in [0.15, 0.2) is 5.76 Å². The third-order valence-electron chi connectivity index (χ3n) is 4.05. The third kappa shape index (κ3) is 3.37. The monoisotopic (exact) mass is 364 g/mol. The van der Waals surface area contributed by atoms with Crippen molar-refractivity contribution in [2.45, 2.75) is 24.5 Å². The number of likely N-dealkylation sites (N-methyl/N-ethyl adjacent to an activating group) is 1. The number of furan rings is 1. The van der Waals surface area contributed by atoms with Crippen LogP contribution in [-0.4, -0.2) is 46.5 Å². The van der Waals surface area contributed by atoms with Crippen molar-refractivity contribution in [2.75, 3.05) is 19.6 Å². The number of hydrogen-bond donors (Lipinski definition) is 0. The molecule has 0 radical (unpaired) electrons. The van der Waals surface area contributed by atoms with Gasteiger partial charge < -0.3 is 14.2 Å². The number of rotatable bonds is 6. The van der Waals surface area contributed by atoms with E-state index in [2.05, 4.69) is 6.07 Å². The SMILES string of the molecule is CCN(CCN1C(=O)[C@H](C)S[C@H]1c1cccs1)C(=O)c1ccco1. The van der Waals surface area contributed by atoms with Gasteiger partial charge >= 0.3 is 0 Å². The average Bonchev–Trinajstić information content (AvgIpc) is 3.32. The number of amides is 2. The molecule has 24 heavy (non-hydrogen) atoms. The molecule has 2 atom stereocenters. The van der Waals surface area contributed by atoms with Crippen molar-refractivity contribution in [2.24, 2.45) is 0 Å². The Morgan fingerprint density at radius 3 is 2.83 bits per heavy atom. The molecular weight excluding hydrogens is 344 g/mol. The predicted octanol–water partition coefficient (Wildman–Crippen LogP) is 3.47. The fourth-order valence-corrected chi connectivity index (χ4v) is 5.00. The van der Waals surface area contributed by atoms with Crippen LogP contribution in [0.25, 0.3) is 0 Å². The lowest BCUT2D eigenvalue weighted by atomic mass is 10.3. The molecule has 0 saturated carbocycles. The highest BCUT2D eigenvalue weighted by molar-refractivity contribution is 8.01. The molecule has 0 spiro atoms. The third-order valence-corrected chi connectivity index (χ3v) is 6.50. The highest BCUT2D eigenvalue weighted by Crippen LogP contribution is 2.44. The first-order chi connectivity index (χ1) is 11.6. The summed E-state index contributed by atoms with van der Waals surface area (Å²) in [6.07, 6.45) is 1.50. The molecule has 2 aromatic rings. The fourth-order valence-electron chi connectivity index (χ4n) is 2.74. The molecule has 1 saturated heterocycles. The Bertz CT molecular complexity index is 685. The van der Waals surface area contributed by atoms with E-state index >= 15 is 0 Å². The summed E-state index contributed by atoms with van der Waals surface area (Å²) in [7, 11) is 0. The maximum atomic E-state index is 12.5. The summed E-state index contributed by atoms with van der Waals surface area (Å²) < 4.78 is 5.19. The Morgan fingerprint density at radius 2 is 2.21 bits per heavy atom. The topological polar surface area (TPSA) is 53.8 Å². The second-order valence-electron chi connectivity index (χ2n) is 5.54. The van der Waals surface area contributed by atoms with Crippen molar-refractivity contribution in [3.05, 3.63) is 46.5 Å². The highest BCUT2D eigenvalue weighted by atomic mass is 32.2. The van der Waals surface area contributed by atoms with Gasteiger partial charge in [-0.15, -0.1) is 23.1 Å². The van der Waals surface area contributed by atoms with Crippen molar-refractivity contribution in [1.29, 1.82) is 0 Å². The van der Waals surface area contributed by atoms with Gasteiger partial charge in [0.1, 0.15) is 5.37 Å². The lowest BCUT2D eigenvalue weighted by molar-refractivity contribution is -0.129. The smallest absolute Gasteiger partial charge is 0.289 e. The predicted molar refractivity (Wildman–Crippen MR) is 96.1 cm³/mol. The van der Waals surface area contributed by atoms with Gasteiger partial charge in [0.05, 0.1) is 11.5 Å². The van der Waals surface area contributed by atoms with E-state index in [0.29, 0.717) is 25.4 Å². The molecule has 3 heterocycles. The number of carbonyl (C=O) groups is 2. The zero-order chi connectivity index (χ0) is 17.1.